The van der Waals surface area contributed by atoms with Crippen molar-refractivity contribution in [3.63, 3.8) is 0 Å². The summed E-state index contributed by atoms with van der Waals surface area (Å²) in [4.78, 5) is 49.8. The first-order valence-corrected chi connectivity index (χ1v) is 39.6. The zero-order chi connectivity index (χ0) is 82.6. The molecule has 10 aromatic carbocycles. The third-order valence-electron chi connectivity index (χ3n) is 17.8. The Balaban J connectivity index is 0.000000155. The number of aromatic nitrogens is 9. The monoisotopic (exact) mass is 1650 g/mol. The lowest BCUT2D eigenvalue weighted by Gasteiger charge is -2.13. The molecule has 0 radical (unpaired) electrons. The normalized spacial score (nSPS) is 10.9. The van der Waals surface area contributed by atoms with Gasteiger partial charge in [0.05, 0.1) is 60.3 Å². The molecule has 0 spiro atoms. The topological polar surface area (TPSA) is 301 Å². The number of H-pyrrole nitrogens is 1. The predicted molar refractivity (Wildman–Crippen MR) is 470 cm³/mol. The summed E-state index contributed by atoms with van der Waals surface area (Å²) >= 11 is 3.20. The number of halogens is 1. The molecule has 0 unspecified atom stereocenters. The number of nitro groups is 2. The summed E-state index contributed by atoms with van der Waals surface area (Å²) in [5, 5.41) is 36.7. The van der Waals surface area contributed by atoms with E-state index >= 15 is 0 Å². The van der Waals surface area contributed by atoms with E-state index in [0.717, 1.165) is 134 Å². The van der Waals surface area contributed by atoms with E-state index in [1.54, 1.807) is 36.7 Å². The van der Waals surface area contributed by atoms with Crippen LogP contribution in [0.15, 0.2) is 334 Å². The number of fused-ring (bicyclic) bond motifs is 1. The van der Waals surface area contributed by atoms with Crippen molar-refractivity contribution in [1.82, 2.24) is 48.9 Å². The molecule has 24 nitrogen and oxygen atoms in total. The number of aliphatic hydroxyl groups is 1. The fraction of sp³-hybridized carbons (Fsp3) is 0.183. The smallest absolute Gasteiger partial charge is 0.273 e. The number of para-hydroxylation sites is 1. The number of anilines is 3. The summed E-state index contributed by atoms with van der Waals surface area (Å²) in [6.07, 6.45) is 19.2. The maximum Gasteiger partial charge on any atom is 0.273 e. The van der Waals surface area contributed by atoms with Crippen LogP contribution in [-0.2, 0) is 51.7 Å². The van der Waals surface area contributed by atoms with E-state index in [2.05, 4.69) is 168 Å². The van der Waals surface area contributed by atoms with Crippen molar-refractivity contribution >= 4 is 61.1 Å². The van der Waals surface area contributed by atoms with E-state index in [-0.39, 0.29) is 11.4 Å². The van der Waals surface area contributed by atoms with Crippen molar-refractivity contribution in [3.8, 4) is 23.0 Å². The number of nitro benzene ring substituents is 2. The van der Waals surface area contributed by atoms with Gasteiger partial charge in [0, 0.05) is 153 Å². The van der Waals surface area contributed by atoms with E-state index in [1.165, 1.54) is 52.1 Å². The Morgan fingerprint density at radius 1 is 0.466 bits per heavy atom. The zero-order valence-electron chi connectivity index (χ0n) is 65.9. The SMILES string of the molecule is CO.Cc1cc(Nc2cccc(OCCn3ccnc3Cc3ccccc3)c2)c2ccccc2n1.Nc1cccc(OCCn2ccnc2Cc2ccccc2)c1.O=[N+]([O-])c1cccc(OCCBr)c1.O=[N+]([O-])c1cccc(OCCn2ccnc2Cc2ccccc2)c1.c1ccc(CC2=NCCN2)cc1.c1ccc(Cc2ncc[nH]2)cc1. The first-order chi connectivity index (χ1) is 57.9. The minimum Gasteiger partial charge on any atom is -0.492 e. The quantitative estimate of drug-likeness (QED) is 0.0126. The van der Waals surface area contributed by atoms with E-state index < -0.39 is 9.85 Å². The molecule has 6 heterocycles. The van der Waals surface area contributed by atoms with Crippen LogP contribution in [0.4, 0.5) is 28.4 Å². The minimum absolute atomic E-state index is 0.0277. The summed E-state index contributed by atoms with van der Waals surface area (Å²) in [7, 11) is 1.00. The number of hydrogen-bond acceptors (Lipinski definition) is 18. The Hall–Kier alpha value is -14.0. The number of ether oxygens (including phenoxy) is 4. The third-order valence-corrected chi connectivity index (χ3v) is 18.1. The number of hydrogen-bond donors (Lipinski definition) is 5. The summed E-state index contributed by atoms with van der Waals surface area (Å²) in [5.74, 6) is 7.83. The second kappa shape index (κ2) is 48.2. The van der Waals surface area contributed by atoms with Crippen molar-refractivity contribution < 1.29 is 33.9 Å². The maximum absolute atomic E-state index is 10.8. The molecule has 15 aromatic rings. The molecule has 0 bridgehead atoms. The summed E-state index contributed by atoms with van der Waals surface area (Å²) < 4.78 is 28.9. The number of alkyl halides is 1. The number of nitrogens with zero attached hydrogens (tertiary/aromatic N) is 11. The molecule has 1 aliphatic rings. The number of imidazole rings is 4. The van der Waals surface area contributed by atoms with Crippen LogP contribution in [0.25, 0.3) is 10.9 Å². The molecule has 0 amide bonds. The van der Waals surface area contributed by atoms with Crippen molar-refractivity contribution in [2.45, 2.75) is 58.7 Å². The van der Waals surface area contributed by atoms with Gasteiger partial charge < -0.3 is 59.1 Å². The van der Waals surface area contributed by atoms with Gasteiger partial charge in [0.2, 0.25) is 0 Å². The van der Waals surface area contributed by atoms with E-state index in [1.807, 2.05) is 182 Å². The van der Waals surface area contributed by atoms with Crippen molar-refractivity contribution in [3.05, 3.63) is 406 Å². The molecule has 5 aromatic heterocycles. The number of aliphatic hydroxyl groups excluding tert-OH is 1. The van der Waals surface area contributed by atoms with Gasteiger partial charge in [0.25, 0.3) is 11.4 Å². The highest BCUT2D eigenvalue weighted by Crippen LogP contribution is 2.29. The molecular formula is C93H96BrN15O9. The first-order valence-electron chi connectivity index (χ1n) is 38.5. The van der Waals surface area contributed by atoms with Gasteiger partial charge >= 0.3 is 0 Å². The Bertz CT molecular complexity index is 5450. The van der Waals surface area contributed by atoms with Gasteiger partial charge in [-0.3, -0.25) is 30.2 Å². The maximum atomic E-state index is 10.8. The summed E-state index contributed by atoms with van der Waals surface area (Å²) in [6, 6.07) is 89.7. The molecule has 0 saturated carbocycles. The van der Waals surface area contributed by atoms with Gasteiger partial charge in [-0.15, -0.1) is 0 Å². The number of amidine groups is 1. The molecule has 0 fully saturated rings. The van der Waals surface area contributed by atoms with Gasteiger partial charge in [-0.05, 0) is 83.3 Å². The average Bonchev–Trinajstić information content (AvgIpc) is 1.14. The Morgan fingerprint density at radius 2 is 0.881 bits per heavy atom. The van der Waals surface area contributed by atoms with Crippen LogP contribution in [0.3, 0.4) is 0 Å². The molecule has 1 aliphatic heterocycles. The van der Waals surface area contributed by atoms with Crippen molar-refractivity contribution in [2.24, 2.45) is 4.99 Å². The molecule has 0 atom stereocenters. The third kappa shape index (κ3) is 29.7. The number of benzene rings is 10. The lowest BCUT2D eigenvalue weighted by molar-refractivity contribution is -0.385. The van der Waals surface area contributed by atoms with Gasteiger partial charge in [0.1, 0.15) is 72.0 Å². The Morgan fingerprint density at radius 3 is 1.31 bits per heavy atom. The highest BCUT2D eigenvalue weighted by molar-refractivity contribution is 9.09. The minimum atomic E-state index is -0.443. The van der Waals surface area contributed by atoms with Crippen molar-refractivity contribution in [2.75, 3.05) is 63.0 Å². The highest BCUT2D eigenvalue weighted by Gasteiger charge is 2.13. The Kier molecular flexibility index (Phi) is 35.3. The van der Waals surface area contributed by atoms with Gasteiger partial charge in [-0.25, -0.2) is 19.9 Å². The first kappa shape index (κ1) is 86.4. The van der Waals surface area contributed by atoms with Crippen LogP contribution >= 0.6 is 15.9 Å². The summed E-state index contributed by atoms with van der Waals surface area (Å²) in [5.41, 5.74) is 16.8. The number of nitrogens with two attached hydrogens (primary N) is 1. The van der Waals surface area contributed by atoms with E-state index in [4.69, 9.17) is 29.8 Å². The number of pyridine rings is 1. The average molecular weight is 1650 g/mol. The van der Waals surface area contributed by atoms with Gasteiger partial charge in [0.15, 0.2) is 0 Å². The second-order valence-electron chi connectivity index (χ2n) is 26.4. The molecule has 25 heteroatoms. The number of rotatable bonds is 29. The lowest BCUT2D eigenvalue weighted by Crippen LogP contribution is -2.20. The molecular weight excluding hydrogens is 1550 g/mol. The van der Waals surface area contributed by atoms with Crippen LogP contribution in [-0.4, -0.2) is 116 Å². The van der Waals surface area contributed by atoms with Gasteiger partial charge in [-0.2, -0.15) is 0 Å². The highest BCUT2D eigenvalue weighted by atomic mass is 79.9. The van der Waals surface area contributed by atoms with Crippen LogP contribution < -0.4 is 35.3 Å². The zero-order valence-corrected chi connectivity index (χ0v) is 67.5. The molecule has 16 rings (SSSR count). The number of aliphatic imine (C=N–C) groups is 1. The lowest BCUT2D eigenvalue weighted by atomic mass is 10.1. The van der Waals surface area contributed by atoms with E-state index in [0.29, 0.717) is 55.5 Å². The van der Waals surface area contributed by atoms with E-state index in [9.17, 15) is 20.2 Å². The van der Waals surface area contributed by atoms with Crippen LogP contribution in [0, 0.1) is 27.2 Å². The standard InChI is InChI=1S/C28H26N4O.C18H17N3O3.C18H19N3O.C10H12N2.C10H10N2.C8H8BrNO3.CH4O/c1-21-18-27(25-12-5-6-13-26(25)30-21)31-23-10-7-11-24(20-23)33-17-16-32-15-14-29-28(32)19-22-8-3-2-4-9-22;22-21(23)16-7-4-8-17(14-16)24-12-11-20-10-9-19-18(20)13-15-5-2-1-3-6-15;19-16-7-4-8-17(14-16)22-12-11-21-10-9-20-18(21)13-15-5-2-1-3-6-15;2*1-2-4-9(5-3-1)8-10-11-6-7-12-10;9-4-5-13-8-3-1-2-7(6-8)10(11)12;1-2/h2-15,18,20H,16-17,19H2,1H3,(H,30,31);1-10,14H,11-13H2;1-10,14H,11-13,19H2;1-5H,6-8H2,(H,11,12);1-7H,8H2,(H,11,12);1-3,6H,4-5H2;2H,1H3. The largest absolute Gasteiger partial charge is 0.492 e. The van der Waals surface area contributed by atoms with Crippen LogP contribution in [0.5, 0.6) is 23.0 Å². The number of aromatic amines is 1. The number of non-ortho nitro benzene ring substituents is 2. The number of aryl methyl sites for hydroxylation is 1. The van der Waals surface area contributed by atoms with Crippen LogP contribution in [0.1, 0.15) is 56.8 Å². The Labute approximate surface area is 695 Å². The molecule has 118 heavy (non-hydrogen) atoms. The number of nitrogen functional groups attached to an aromatic ring is 1. The molecule has 6 N–H and O–H groups in total. The summed E-state index contributed by atoms with van der Waals surface area (Å²) in [6.45, 7) is 8.15. The number of nitrogens with one attached hydrogen (secondary N) is 3. The second-order valence-corrected chi connectivity index (χ2v) is 27.2. The molecule has 0 saturated heterocycles. The van der Waals surface area contributed by atoms with Crippen molar-refractivity contribution in [1.29, 1.82) is 0 Å². The fourth-order valence-electron chi connectivity index (χ4n) is 12.2. The van der Waals surface area contributed by atoms with Gasteiger partial charge in [-0.1, -0.05) is 210 Å². The molecule has 0 aliphatic carbocycles. The predicted octanol–water partition coefficient (Wildman–Crippen LogP) is 18.0. The molecule has 604 valence electrons. The fourth-order valence-corrected chi connectivity index (χ4v) is 12.3. The van der Waals surface area contributed by atoms with Crippen LogP contribution in [0.2, 0.25) is 0 Å².